The molecule has 0 N–H and O–H groups in total. The van der Waals surface area contributed by atoms with E-state index < -0.39 is 5.92 Å². The molecule has 15 heavy (non-hydrogen) atoms. The highest BCUT2D eigenvalue weighted by Crippen LogP contribution is 2.36. The number of hydrogen-bond acceptors (Lipinski definition) is 2. The first kappa shape index (κ1) is 10.3. The van der Waals surface area contributed by atoms with Gasteiger partial charge in [-0.3, -0.25) is 9.36 Å². The fraction of sp³-hybridized carbons (Fsp3) is 0.600. The minimum Gasteiger partial charge on any atom is -0.276 e. The van der Waals surface area contributed by atoms with Crippen molar-refractivity contribution in [2.24, 2.45) is 5.92 Å². The zero-order valence-corrected chi connectivity index (χ0v) is 8.20. The molecule has 0 saturated heterocycles. The van der Waals surface area contributed by atoms with Crippen LogP contribution in [0.2, 0.25) is 0 Å². The van der Waals surface area contributed by atoms with Gasteiger partial charge in [0.05, 0.1) is 0 Å². The van der Waals surface area contributed by atoms with Crippen LogP contribution in [0, 0.1) is 5.92 Å². The number of alkyl halides is 2. The first-order valence-corrected chi connectivity index (χ1v) is 4.98. The van der Waals surface area contributed by atoms with E-state index in [4.69, 9.17) is 0 Å². The zero-order valence-electron chi connectivity index (χ0n) is 8.20. The predicted octanol–water partition coefficient (Wildman–Crippen LogP) is 2.35. The first-order valence-electron chi connectivity index (χ1n) is 4.98. The lowest BCUT2D eigenvalue weighted by Crippen LogP contribution is -2.30. The summed E-state index contributed by atoms with van der Waals surface area (Å²) in [7, 11) is 0. The molecule has 0 bridgehead atoms. The molecule has 0 atom stereocenters. The van der Waals surface area contributed by atoms with Gasteiger partial charge in [-0.15, -0.1) is 0 Å². The van der Waals surface area contributed by atoms with Gasteiger partial charge < -0.3 is 0 Å². The Bertz CT molecular complexity index is 338. The Kier molecular flexibility index (Phi) is 2.54. The Balaban J connectivity index is 2.00. The van der Waals surface area contributed by atoms with Gasteiger partial charge >= 0.3 is 0 Å². The Morgan fingerprint density at radius 3 is 2.60 bits per heavy atom. The maximum atomic E-state index is 12.9. The Hall–Kier alpha value is -1.26. The van der Waals surface area contributed by atoms with Crippen LogP contribution in [0.25, 0.3) is 0 Å². The second-order valence-electron chi connectivity index (χ2n) is 3.94. The van der Waals surface area contributed by atoms with Crippen molar-refractivity contribution in [3.8, 4) is 0 Å². The molecule has 1 saturated carbocycles. The zero-order chi connectivity index (χ0) is 10.9. The second-order valence-corrected chi connectivity index (χ2v) is 3.94. The monoisotopic (exact) mass is 214 g/mol. The number of imidazole rings is 1. The van der Waals surface area contributed by atoms with E-state index in [0.717, 1.165) is 0 Å². The third-order valence-electron chi connectivity index (χ3n) is 2.83. The van der Waals surface area contributed by atoms with Gasteiger partial charge in [0, 0.05) is 31.2 Å². The van der Waals surface area contributed by atoms with Crippen LogP contribution < -0.4 is 0 Å². The van der Waals surface area contributed by atoms with Crippen LogP contribution in [0.5, 0.6) is 0 Å². The van der Waals surface area contributed by atoms with Crippen molar-refractivity contribution in [3.63, 3.8) is 0 Å². The largest absolute Gasteiger partial charge is 0.276 e. The number of aromatic nitrogens is 2. The quantitative estimate of drug-likeness (QED) is 0.719. The van der Waals surface area contributed by atoms with E-state index >= 15 is 0 Å². The molecule has 1 aromatic heterocycles. The van der Waals surface area contributed by atoms with Gasteiger partial charge in [-0.05, 0) is 12.8 Å². The van der Waals surface area contributed by atoms with Crippen LogP contribution in [-0.2, 0) is 0 Å². The third-order valence-corrected chi connectivity index (χ3v) is 2.83. The van der Waals surface area contributed by atoms with Gasteiger partial charge in [-0.25, -0.2) is 13.8 Å². The van der Waals surface area contributed by atoms with Gasteiger partial charge in [-0.1, -0.05) is 0 Å². The summed E-state index contributed by atoms with van der Waals surface area (Å²) in [5, 5.41) is 0. The van der Waals surface area contributed by atoms with Crippen molar-refractivity contribution in [2.45, 2.75) is 31.6 Å². The van der Waals surface area contributed by atoms with Crippen molar-refractivity contribution < 1.29 is 13.6 Å². The maximum Gasteiger partial charge on any atom is 0.248 e. The molecule has 0 spiro atoms. The number of rotatable bonds is 1. The normalized spacial score (nSPS) is 21.5. The van der Waals surface area contributed by atoms with Gasteiger partial charge in [0.1, 0.15) is 6.33 Å². The molecule has 0 radical (unpaired) electrons. The highest BCUT2D eigenvalue weighted by molar-refractivity contribution is 5.81. The summed E-state index contributed by atoms with van der Waals surface area (Å²) >= 11 is 0. The van der Waals surface area contributed by atoms with E-state index in [1.54, 1.807) is 6.20 Å². The average molecular weight is 214 g/mol. The molecule has 1 aliphatic rings. The van der Waals surface area contributed by atoms with Crippen LogP contribution in [0.4, 0.5) is 8.78 Å². The van der Waals surface area contributed by atoms with Gasteiger partial charge in [-0.2, -0.15) is 0 Å². The van der Waals surface area contributed by atoms with Crippen LogP contribution in [0.15, 0.2) is 18.7 Å². The van der Waals surface area contributed by atoms with E-state index in [-0.39, 0.29) is 37.5 Å². The molecular formula is C10H12F2N2O. The van der Waals surface area contributed by atoms with Crippen molar-refractivity contribution in [1.29, 1.82) is 0 Å². The first-order chi connectivity index (χ1) is 7.08. The molecule has 3 nitrogen and oxygen atoms in total. The highest BCUT2D eigenvalue weighted by Gasteiger charge is 2.37. The van der Waals surface area contributed by atoms with Crippen LogP contribution >= 0.6 is 0 Å². The van der Waals surface area contributed by atoms with Crippen molar-refractivity contribution >= 4 is 5.91 Å². The highest BCUT2D eigenvalue weighted by atomic mass is 19.3. The molecule has 1 heterocycles. The number of carbonyl (C=O) groups excluding carboxylic acids is 1. The summed E-state index contributed by atoms with van der Waals surface area (Å²) < 4.78 is 27.1. The van der Waals surface area contributed by atoms with Gasteiger partial charge in [0.2, 0.25) is 11.8 Å². The van der Waals surface area contributed by atoms with E-state index in [2.05, 4.69) is 4.98 Å². The van der Waals surface area contributed by atoms with E-state index in [1.807, 2.05) is 0 Å². The predicted molar refractivity (Wildman–Crippen MR) is 49.8 cm³/mol. The lowest BCUT2D eigenvalue weighted by atomic mass is 9.86. The SMILES string of the molecule is O=C(C1CCC(F)(F)CC1)n1ccnc1. The minimum atomic E-state index is -2.58. The number of carbonyl (C=O) groups is 1. The smallest absolute Gasteiger partial charge is 0.248 e. The number of hydrogen-bond donors (Lipinski definition) is 0. The second kappa shape index (κ2) is 3.72. The van der Waals surface area contributed by atoms with Crippen LogP contribution in [0.1, 0.15) is 30.5 Å². The fourth-order valence-electron chi connectivity index (χ4n) is 1.89. The molecule has 1 aliphatic carbocycles. The molecule has 0 aliphatic heterocycles. The summed E-state index contributed by atoms with van der Waals surface area (Å²) in [6.45, 7) is 0. The summed E-state index contributed by atoms with van der Waals surface area (Å²) in [5.74, 6) is -2.98. The topological polar surface area (TPSA) is 34.9 Å². The Morgan fingerprint density at radius 1 is 1.40 bits per heavy atom. The number of nitrogens with zero attached hydrogens (tertiary/aromatic N) is 2. The molecule has 0 amide bonds. The molecule has 0 aromatic carbocycles. The van der Waals surface area contributed by atoms with E-state index in [0.29, 0.717) is 0 Å². The fourth-order valence-corrected chi connectivity index (χ4v) is 1.89. The minimum absolute atomic E-state index is 0.122. The Morgan fingerprint density at radius 2 is 2.07 bits per heavy atom. The number of halogens is 2. The maximum absolute atomic E-state index is 12.9. The molecule has 0 unspecified atom stereocenters. The van der Waals surface area contributed by atoms with E-state index in [9.17, 15) is 13.6 Å². The summed E-state index contributed by atoms with van der Waals surface area (Å²) in [6, 6.07) is 0. The molecule has 5 heteroatoms. The molecular weight excluding hydrogens is 202 g/mol. The van der Waals surface area contributed by atoms with Crippen LogP contribution in [0.3, 0.4) is 0 Å². The lowest BCUT2D eigenvalue weighted by Gasteiger charge is -2.27. The molecule has 82 valence electrons. The van der Waals surface area contributed by atoms with Crippen LogP contribution in [-0.4, -0.2) is 21.4 Å². The van der Waals surface area contributed by atoms with E-state index in [1.165, 1.54) is 17.1 Å². The molecule has 1 aromatic rings. The summed E-state index contributed by atoms with van der Waals surface area (Å²) in [6.07, 6.45) is 4.64. The molecule has 1 fully saturated rings. The van der Waals surface area contributed by atoms with Crippen molar-refractivity contribution in [3.05, 3.63) is 18.7 Å². The van der Waals surface area contributed by atoms with Crippen molar-refractivity contribution in [1.82, 2.24) is 9.55 Å². The average Bonchev–Trinajstić information content (AvgIpc) is 2.69. The van der Waals surface area contributed by atoms with Gasteiger partial charge in [0.25, 0.3) is 0 Å². The summed E-state index contributed by atoms with van der Waals surface area (Å²) in [5.41, 5.74) is 0. The summed E-state index contributed by atoms with van der Waals surface area (Å²) in [4.78, 5) is 15.5. The standard InChI is InChI=1S/C10H12F2N2O/c11-10(12)3-1-8(2-4-10)9(15)14-6-5-13-7-14/h5-8H,1-4H2. The van der Waals surface area contributed by atoms with Crippen molar-refractivity contribution in [2.75, 3.05) is 0 Å². The lowest BCUT2D eigenvalue weighted by molar-refractivity contribution is -0.0432. The Labute approximate surface area is 86.1 Å². The van der Waals surface area contributed by atoms with Gasteiger partial charge in [0.15, 0.2) is 0 Å². The third kappa shape index (κ3) is 2.22. The molecule has 2 rings (SSSR count).